The lowest BCUT2D eigenvalue weighted by Gasteiger charge is -2.04. The number of hydrogen-bond donors (Lipinski definition) is 1. The third-order valence-electron chi connectivity index (χ3n) is 2.51. The number of Topliss-reactive ketones (excluding diaryl/α,β-unsaturated/α-hetero) is 1. The number of aromatic nitrogens is 1. The minimum atomic E-state index is -0.297. The Bertz CT molecular complexity index is 589. The maximum atomic E-state index is 13.0. The van der Waals surface area contributed by atoms with E-state index in [9.17, 15) is 9.18 Å². The second-order valence-electron chi connectivity index (χ2n) is 4.01. The van der Waals surface area contributed by atoms with E-state index < -0.39 is 0 Å². The summed E-state index contributed by atoms with van der Waals surface area (Å²) in [5, 5.41) is 0. The number of nitrogens with two attached hydrogens (primary N) is 1. The minimum Gasteiger partial charge on any atom is -0.383 e. The van der Waals surface area contributed by atoms with Crippen LogP contribution in [0.2, 0.25) is 0 Å². The van der Waals surface area contributed by atoms with Gasteiger partial charge in [0.05, 0.1) is 5.75 Å². The molecule has 2 aromatic rings. The van der Waals surface area contributed by atoms with Crippen molar-refractivity contribution in [1.82, 2.24) is 4.98 Å². The highest BCUT2D eigenvalue weighted by Crippen LogP contribution is 2.19. The van der Waals surface area contributed by atoms with Gasteiger partial charge in [-0.1, -0.05) is 12.1 Å². The Hall–Kier alpha value is -1.88. The summed E-state index contributed by atoms with van der Waals surface area (Å²) in [6.07, 6.45) is 1.84. The Balaban J connectivity index is 1.90. The first-order valence-electron chi connectivity index (χ1n) is 5.74. The second-order valence-corrected chi connectivity index (χ2v) is 5.06. The number of anilines is 1. The summed E-state index contributed by atoms with van der Waals surface area (Å²) in [4.78, 5) is 16.5. The Morgan fingerprint density at radius 2 is 2.16 bits per heavy atom. The number of carbonyl (C=O) groups is 1. The zero-order valence-electron chi connectivity index (χ0n) is 10.2. The zero-order valence-corrected chi connectivity index (χ0v) is 11.0. The van der Waals surface area contributed by atoms with Crippen molar-refractivity contribution in [3.05, 3.63) is 54.0 Å². The van der Waals surface area contributed by atoms with E-state index in [0.29, 0.717) is 5.82 Å². The Morgan fingerprint density at radius 3 is 2.89 bits per heavy atom. The number of thioether (sulfide) groups is 1. The van der Waals surface area contributed by atoms with Gasteiger partial charge in [-0.2, -0.15) is 0 Å². The number of benzene rings is 1. The summed E-state index contributed by atoms with van der Waals surface area (Å²) >= 11 is 1.32. The van der Waals surface area contributed by atoms with Crippen LogP contribution in [0.4, 0.5) is 10.2 Å². The zero-order chi connectivity index (χ0) is 13.7. The molecule has 0 aliphatic heterocycles. The van der Waals surface area contributed by atoms with E-state index >= 15 is 0 Å². The number of nitrogen functional groups attached to an aromatic ring is 1. The van der Waals surface area contributed by atoms with Gasteiger partial charge < -0.3 is 5.73 Å². The molecule has 0 saturated carbocycles. The molecule has 0 bridgehead atoms. The molecule has 5 heteroatoms. The van der Waals surface area contributed by atoms with Crippen molar-refractivity contribution in [2.45, 2.75) is 11.3 Å². The quantitative estimate of drug-likeness (QED) is 0.853. The van der Waals surface area contributed by atoms with Crippen molar-refractivity contribution >= 4 is 23.4 Å². The van der Waals surface area contributed by atoms with E-state index in [0.717, 1.165) is 10.5 Å². The minimum absolute atomic E-state index is 0.0361. The van der Waals surface area contributed by atoms with Crippen LogP contribution in [-0.2, 0) is 11.2 Å². The van der Waals surface area contributed by atoms with Crippen molar-refractivity contribution in [2.75, 3.05) is 11.5 Å². The Kier molecular flexibility index (Phi) is 4.52. The van der Waals surface area contributed by atoms with E-state index in [1.165, 1.54) is 23.9 Å². The van der Waals surface area contributed by atoms with Gasteiger partial charge in [0.2, 0.25) is 0 Å². The molecule has 2 rings (SSSR count). The average Bonchev–Trinajstić information content (AvgIpc) is 2.39. The second kappa shape index (κ2) is 6.33. The smallest absolute Gasteiger partial charge is 0.147 e. The van der Waals surface area contributed by atoms with E-state index in [1.54, 1.807) is 30.5 Å². The van der Waals surface area contributed by atoms with Crippen molar-refractivity contribution < 1.29 is 9.18 Å². The molecular weight excluding hydrogens is 263 g/mol. The van der Waals surface area contributed by atoms with Gasteiger partial charge in [0.25, 0.3) is 0 Å². The Morgan fingerprint density at radius 1 is 1.32 bits per heavy atom. The third kappa shape index (κ3) is 4.06. The molecule has 0 fully saturated rings. The van der Waals surface area contributed by atoms with E-state index in [1.807, 2.05) is 0 Å². The van der Waals surface area contributed by atoms with Gasteiger partial charge in [0, 0.05) is 23.1 Å². The number of pyridine rings is 1. The normalized spacial score (nSPS) is 10.4. The summed E-state index contributed by atoms with van der Waals surface area (Å²) in [6.45, 7) is 0. The van der Waals surface area contributed by atoms with Crippen LogP contribution in [0.1, 0.15) is 5.56 Å². The molecule has 0 aliphatic carbocycles. The number of halogens is 1. The predicted molar refractivity (Wildman–Crippen MR) is 74.5 cm³/mol. The van der Waals surface area contributed by atoms with Crippen LogP contribution in [0, 0.1) is 5.82 Å². The van der Waals surface area contributed by atoms with E-state index in [2.05, 4.69) is 4.98 Å². The summed E-state index contributed by atoms with van der Waals surface area (Å²) < 4.78 is 13.0. The third-order valence-corrected chi connectivity index (χ3v) is 3.56. The number of carbonyl (C=O) groups excluding carboxylic acids is 1. The van der Waals surface area contributed by atoms with Gasteiger partial charge in [-0.05, 0) is 24.3 Å². The number of ketones is 1. The molecular formula is C14H13FN2OS. The highest BCUT2D eigenvalue weighted by Gasteiger charge is 2.08. The van der Waals surface area contributed by atoms with Crippen LogP contribution in [0.25, 0.3) is 0 Å². The fraction of sp³-hybridized carbons (Fsp3) is 0.143. The molecule has 0 unspecified atom stereocenters. The molecule has 1 aromatic carbocycles. The Labute approximate surface area is 115 Å². The lowest BCUT2D eigenvalue weighted by atomic mass is 10.1. The molecule has 0 amide bonds. The van der Waals surface area contributed by atoms with Gasteiger partial charge in [0.1, 0.15) is 17.4 Å². The van der Waals surface area contributed by atoms with E-state index in [4.69, 9.17) is 5.73 Å². The molecule has 19 heavy (non-hydrogen) atoms. The van der Waals surface area contributed by atoms with Crippen LogP contribution in [0.5, 0.6) is 0 Å². The average molecular weight is 276 g/mol. The van der Waals surface area contributed by atoms with Gasteiger partial charge in [-0.15, -0.1) is 11.8 Å². The van der Waals surface area contributed by atoms with E-state index in [-0.39, 0.29) is 23.8 Å². The highest BCUT2D eigenvalue weighted by molar-refractivity contribution is 8.00. The molecule has 0 atom stereocenters. The first-order chi connectivity index (χ1) is 9.15. The monoisotopic (exact) mass is 276 g/mol. The number of hydrogen-bond acceptors (Lipinski definition) is 4. The van der Waals surface area contributed by atoms with Gasteiger partial charge in [-0.3, -0.25) is 4.79 Å². The fourth-order valence-electron chi connectivity index (χ4n) is 1.58. The predicted octanol–water partition coefficient (Wildman–Crippen LogP) is 2.71. The molecule has 3 nitrogen and oxygen atoms in total. The molecule has 2 N–H and O–H groups in total. The van der Waals surface area contributed by atoms with Crippen LogP contribution in [0.3, 0.4) is 0 Å². The van der Waals surface area contributed by atoms with Crippen molar-refractivity contribution in [3.63, 3.8) is 0 Å². The SMILES string of the molecule is Nc1ncccc1CC(=O)CSc1cccc(F)c1. The number of nitrogens with zero attached hydrogens (tertiary/aromatic N) is 1. The fourth-order valence-corrected chi connectivity index (χ4v) is 2.38. The lowest BCUT2D eigenvalue weighted by molar-refractivity contribution is -0.116. The molecule has 0 spiro atoms. The van der Waals surface area contributed by atoms with Crippen LogP contribution < -0.4 is 5.73 Å². The van der Waals surface area contributed by atoms with Crippen LogP contribution in [0.15, 0.2) is 47.5 Å². The maximum Gasteiger partial charge on any atom is 0.147 e. The van der Waals surface area contributed by atoms with Gasteiger partial charge in [0.15, 0.2) is 0 Å². The largest absolute Gasteiger partial charge is 0.383 e. The summed E-state index contributed by atoms with van der Waals surface area (Å²) in [5.41, 5.74) is 6.41. The molecule has 1 aromatic heterocycles. The molecule has 0 aliphatic rings. The standard InChI is InChI=1S/C14H13FN2OS/c15-11-4-1-5-13(8-11)19-9-12(18)7-10-3-2-6-17-14(10)16/h1-6,8H,7,9H2,(H2,16,17). The molecule has 1 heterocycles. The molecule has 0 saturated heterocycles. The summed E-state index contributed by atoms with van der Waals surface area (Å²) in [6, 6.07) is 9.73. The van der Waals surface area contributed by atoms with Crippen molar-refractivity contribution in [2.24, 2.45) is 0 Å². The molecule has 0 radical (unpaired) electrons. The topological polar surface area (TPSA) is 56.0 Å². The summed E-state index contributed by atoms with van der Waals surface area (Å²) in [7, 11) is 0. The van der Waals surface area contributed by atoms with Crippen LogP contribution >= 0.6 is 11.8 Å². The van der Waals surface area contributed by atoms with Crippen LogP contribution in [-0.4, -0.2) is 16.5 Å². The van der Waals surface area contributed by atoms with Gasteiger partial charge in [-0.25, -0.2) is 9.37 Å². The highest BCUT2D eigenvalue weighted by atomic mass is 32.2. The first-order valence-corrected chi connectivity index (χ1v) is 6.73. The van der Waals surface area contributed by atoms with Gasteiger partial charge >= 0.3 is 0 Å². The lowest BCUT2D eigenvalue weighted by Crippen LogP contribution is -2.08. The first kappa shape index (κ1) is 13.5. The summed E-state index contributed by atoms with van der Waals surface area (Å²) in [5.74, 6) is 0.409. The van der Waals surface area contributed by atoms with Crippen molar-refractivity contribution in [1.29, 1.82) is 0 Å². The number of rotatable bonds is 5. The molecule has 98 valence electrons. The van der Waals surface area contributed by atoms with Crippen molar-refractivity contribution in [3.8, 4) is 0 Å². The maximum absolute atomic E-state index is 13.0.